The Labute approximate surface area is 158 Å². The van der Waals surface area contributed by atoms with E-state index < -0.39 is 0 Å². The maximum absolute atomic E-state index is 12.9. The van der Waals surface area contributed by atoms with Crippen molar-refractivity contribution in [1.29, 1.82) is 0 Å². The molecule has 1 aliphatic rings. The zero-order valence-corrected chi connectivity index (χ0v) is 16.0. The van der Waals surface area contributed by atoms with Crippen molar-refractivity contribution < 1.29 is 14.3 Å². The number of piperidine rings is 1. The van der Waals surface area contributed by atoms with Gasteiger partial charge in [0, 0.05) is 32.2 Å². The molecule has 1 unspecified atom stereocenters. The van der Waals surface area contributed by atoms with E-state index in [-0.39, 0.29) is 17.7 Å². The maximum atomic E-state index is 12.9. The third-order valence-electron chi connectivity index (χ3n) is 4.77. The summed E-state index contributed by atoms with van der Waals surface area (Å²) in [6, 6.07) is 11.4. The van der Waals surface area contributed by atoms with Gasteiger partial charge in [0.25, 0.3) is 5.91 Å². The van der Waals surface area contributed by atoms with Crippen molar-refractivity contribution >= 4 is 23.2 Å². The van der Waals surface area contributed by atoms with Gasteiger partial charge in [-0.2, -0.15) is 0 Å². The molecular formula is C20H24N2O3S. The summed E-state index contributed by atoms with van der Waals surface area (Å²) in [7, 11) is 3.45. The molecule has 2 aromatic rings. The van der Waals surface area contributed by atoms with Gasteiger partial charge >= 0.3 is 0 Å². The van der Waals surface area contributed by atoms with Crippen molar-refractivity contribution in [2.45, 2.75) is 19.4 Å². The number of hydrogen-bond donors (Lipinski definition) is 0. The van der Waals surface area contributed by atoms with Gasteiger partial charge in [-0.25, -0.2) is 0 Å². The zero-order chi connectivity index (χ0) is 18.5. The average Bonchev–Trinajstić information content (AvgIpc) is 3.22. The molecule has 3 rings (SSSR count). The number of ether oxygens (including phenoxy) is 1. The highest BCUT2D eigenvalue weighted by Gasteiger charge is 2.31. The van der Waals surface area contributed by atoms with Crippen LogP contribution < -0.4 is 4.74 Å². The Morgan fingerprint density at radius 2 is 2.08 bits per heavy atom. The number of para-hydroxylation sites is 1. The van der Waals surface area contributed by atoms with Crippen LogP contribution in [-0.4, -0.2) is 48.9 Å². The van der Waals surface area contributed by atoms with Crippen LogP contribution in [0.5, 0.6) is 5.75 Å². The first-order chi connectivity index (χ1) is 12.6. The van der Waals surface area contributed by atoms with Crippen LogP contribution in [0.15, 0.2) is 41.8 Å². The Balaban J connectivity index is 1.64. The molecule has 1 atom stereocenters. The molecule has 2 amide bonds. The predicted octanol–water partition coefficient (Wildman–Crippen LogP) is 3.27. The van der Waals surface area contributed by atoms with Crippen LogP contribution in [-0.2, 0) is 11.3 Å². The molecule has 0 spiro atoms. The standard InChI is InChI=1S/C20H24N2O3S/c1-21(13-15-7-3-4-9-17(15)25-2)19(23)16-8-5-11-22(14-16)20(24)18-10-6-12-26-18/h3-4,6-7,9-10,12,16H,5,8,11,13-14H2,1-2H3. The Bertz CT molecular complexity index is 760. The van der Waals surface area contributed by atoms with Gasteiger partial charge < -0.3 is 14.5 Å². The molecule has 0 radical (unpaired) electrons. The summed E-state index contributed by atoms with van der Waals surface area (Å²) < 4.78 is 5.37. The monoisotopic (exact) mass is 372 g/mol. The highest BCUT2D eigenvalue weighted by atomic mass is 32.1. The van der Waals surface area contributed by atoms with Crippen LogP contribution in [0.4, 0.5) is 0 Å². The van der Waals surface area contributed by atoms with E-state index in [1.54, 1.807) is 12.0 Å². The van der Waals surface area contributed by atoms with E-state index in [4.69, 9.17) is 4.74 Å². The van der Waals surface area contributed by atoms with Crippen LogP contribution in [0.25, 0.3) is 0 Å². The van der Waals surface area contributed by atoms with Crippen LogP contribution in [0, 0.1) is 5.92 Å². The molecule has 1 aromatic heterocycles. The van der Waals surface area contributed by atoms with Crippen LogP contribution in [0.3, 0.4) is 0 Å². The fraction of sp³-hybridized carbons (Fsp3) is 0.400. The maximum Gasteiger partial charge on any atom is 0.263 e. The molecule has 1 saturated heterocycles. The second-order valence-corrected chi connectivity index (χ2v) is 7.52. The number of likely N-dealkylation sites (tertiary alicyclic amines) is 1. The topological polar surface area (TPSA) is 49.9 Å². The Morgan fingerprint density at radius 3 is 2.81 bits per heavy atom. The van der Waals surface area contributed by atoms with Crippen LogP contribution in [0.1, 0.15) is 28.1 Å². The van der Waals surface area contributed by atoms with E-state index in [0.717, 1.165) is 35.6 Å². The summed E-state index contributed by atoms with van der Waals surface area (Å²) in [6.45, 7) is 1.71. The van der Waals surface area contributed by atoms with Crippen molar-refractivity contribution in [1.82, 2.24) is 9.80 Å². The van der Waals surface area contributed by atoms with Crippen LogP contribution >= 0.6 is 11.3 Å². The second-order valence-electron chi connectivity index (χ2n) is 6.57. The van der Waals surface area contributed by atoms with E-state index in [0.29, 0.717) is 13.1 Å². The largest absolute Gasteiger partial charge is 0.496 e. The number of amides is 2. The molecule has 5 nitrogen and oxygen atoms in total. The Morgan fingerprint density at radius 1 is 1.27 bits per heavy atom. The fourth-order valence-electron chi connectivity index (χ4n) is 3.40. The van der Waals surface area contributed by atoms with E-state index >= 15 is 0 Å². The number of rotatable bonds is 5. The van der Waals surface area contributed by atoms with Gasteiger partial charge in [0.15, 0.2) is 0 Å². The predicted molar refractivity (Wildman–Crippen MR) is 102 cm³/mol. The molecule has 138 valence electrons. The first-order valence-corrected chi connectivity index (χ1v) is 9.67. The number of benzene rings is 1. The normalized spacial score (nSPS) is 17.0. The van der Waals surface area contributed by atoms with Crippen molar-refractivity contribution in [3.8, 4) is 5.75 Å². The van der Waals surface area contributed by atoms with E-state index in [9.17, 15) is 9.59 Å². The fourth-order valence-corrected chi connectivity index (χ4v) is 4.09. The number of thiophene rings is 1. The molecule has 0 N–H and O–H groups in total. The molecule has 1 aromatic carbocycles. The van der Waals surface area contributed by atoms with E-state index in [2.05, 4.69) is 0 Å². The smallest absolute Gasteiger partial charge is 0.263 e. The van der Waals surface area contributed by atoms with Crippen LogP contribution in [0.2, 0.25) is 0 Å². The number of carbonyl (C=O) groups is 2. The lowest BCUT2D eigenvalue weighted by Crippen LogP contribution is -2.45. The van der Waals surface area contributed by atoms with Gasteiger partial charge in [0.05, 0.1) is 17.9 Å². The lowest BCUT2D eigenvalue weighted by molar-refractivity contribution is -0.136. The van der Waals surface area contributed by atoms with Gasteiger partial charge in [0.2, 0.25) is 5.91 Å². The molecule has 1 fully saturated rings. The van der Waals surface area contributed by atoms with Gasteiger partial charge in [-0.1, -0.05) is 24.3 Å². The SMILES string of the molecule is COc1ccccc1CN(C)C(=O)C1CCCN(C(=O)c2cccs2)C1. The minimum atomic E-state index is -0.146. The molecule has 0 aliphatic carbocycles. The Kier molecular flexibility index (Phi) is 5.93. The van der Waals surface area contributed by atoms with Gasteiger partial charge in [0.1, 0.15) is 5.75 Å². The minimum absolute atomic E-state index is 0.0323. The summed E-state index contributed by atoms with van der Waals surface area (Å²) in [6.07, 6.45) is 1.68. The van der Waals surface area contributed by atoms with E-state index in [1.165, 1.54) is 11.3 Å². The first-order valence-electron chi connectivity index (χ1n) is 8.79. The van der Waals surface area contributed by atoms with Gasteiger partial charge in [-0.3, -0.25) is 9.59 Å². The highest BCUT2D eigenvalue weighted by Crippen LogP contribution is 2.24. The number of carbonyl (C=O) groups excluding carboxylic acids is 2. The Hall–Kier alpha value is -2.34. The molecule has 1 aliphatic heterocycles. The molecular weight excluding hydrogens is 348 g/mol. The summed E-state index contributed by atoms with van der Waals surface area (Å²) in [4.78, 5) is 29.8. The third-order valence-corrected chi connectivity index (χ3v) is 5.62. The first kappa shape index (κ1) is 18.5. The summed E-state index contributed by atoms with van der Waals surface area (Å²) in [5.74, 6) is 0.752. The molecule has 6 heteroatoms. The summed E-state index contributed by atoms with van der Waals surface area (Å²) in [5, 5.41) is 1.90. The highest BCUT2D eigenvalue weighted by molar-refractivity contribution is 7.12. The molecule has 0 bridgehead atoms. The second kappa shape index (κ2) is 8.36. The number of methoxy groups -OCH3 is 1. The molecule has 26 heavy (non-hydrogen) atoms. The summed E-state index contributed by atoms with van der Waals surface area (Å²) in [5.41, 5.74) is 0.980. The lowest BCUT2D eigenvalue weighted by atomic mass is 9.96. The molecule has 2 heterocycles. The number of nitrogens with zero attached hydrogens (tertiary/aromatic N) is 2. The van der Waals surface area contributed by atoms with Gasteiger partial charge in [-0.15, -0.1) is 11.3 Å². The summed E-state index contributed by atoms with van der Waals surface area (Å²) >= 11 is 1.45. The zero-order valence-electron chi connectivity index (χ0n) is 15.2. The number of hydrogen-bond acceptors (Lipinski definition) is 4. The molecule has 0 saturated carbocycles. The lowest BCUT2D eigenvalue weighted by Gasteiger charge is -2.34. The van der Waals surface area contributed by atoms with Crippen molar-refractivity contribution in [3.05, 3.63) is 52.2 Å². The quantitative estimate of drug-likeness (QED) is 0.809. The minimum Gasteiger partial charge on any atom is -0.496 e. The van der Waals surface area contributed by atoms with Crippen molar-refractivity contribution in [2.24, 2.45) is 5.92 Å². The van der Waals surface area contributed by atoms with Gasteiger partial charge in [-0.05, 0) is 30.4 Å². The van der Waals surface area contributed by atoms with E-state index in [1.807, 2.05) is 53.7 Å². The third kappa shape index (κ3) is 4.07. The van der Waals surface area contributed by atoms with Crippen molar-refractivity contribution in [3.63, 3.8) is 0 Å². The van der Waals surface area contributed by atoms with Crippen molar-refractivity contribution in [2.75, 3.05) is 27.2 Å². The average molecular weight is 372 g/mol.